The van der Waals surface area contributed by atoms with Crippen molar-refractivity contribution < 1.29 is 14.5 Å². The molecule has 3 heterocycles. The average Bonchev–Trinajstić information content (AvgIpc) is 3.49. The smallest absolute Gasteiger partial charge is 0.338 e. The summed E-state index contributed by atoms with van der Waals surface area (Å²) in [5, 5.41) is 12.1. The third-order valence-electron chi connectivity index (χ3n) is 7.24. The Bertz CT molecular complexity index is 2050. The van der Waals surface area contributed by atoms with Crippen molar-refractivity contribution in [3.63, 3.8) is 0 Å². The number of fused-ring (bicyclic) bond motifs is 2. The maximum Gasteiger partial charge on any atom is 0.338 e. The maximum atomic E-state index is 14.1. The minimum absolute atomic E-state index is 0.0305. The van der Waals surface area contributed by atoms with Gasteiger partial charge in [-0.2, -0.15) is 0 Å². The normalized spacial score (nSPS) is 15.0. The molecule has 0 N–H and O–H groups in total. The van der Waals surface area contributed by atoms with E-state index in [2.05, 4.69) is 9.56 Å². The average molecular weight is 579 g/mol. The number of hydrogen-bond acceptors (Lipinski definition) is 7. The van der Waals surface area contributed by atoms with Crippen LogP contribution in [0.4, 0.5) is 5.69 Å². The molecule has 210 valence electrons. The summed E-state index contributed by atoms with van der Waals surface area (Å²) >= 11 is 1.27. The van der Waals surface area contributed by atoms with Crippen LogP contribution in [-0.2, 0) is 16.1 Å². The van der Waals surface area contributed by atoms with Crippen molar-refractivity contribution in [3.8, 4) is 0 Å². The quantitative estimate of drug-likeness (QED) is 0.158. The summed E-state index contributed by atoms with van der Waals surface area (Å²) in [6, 6.07) is 25.1. The van der Waals surface area contributed by atoms with Crippen LogP contribution in [0.25, 0.3) is 17.0 Å². The van der Waals surface area contributed by atoms with Crippen molar-refractivity contribution in [2.24, 2.45) is 4.99 Å². The molecule has 0 spiro atoms. The Hall–Kier alpha value is -5.09. The van der Waals surface area contributed by atoms with Gasteiger partial charge >= 0.3 is 5.97 Å². The van der Waals surface area contributed by atoms with E-state index in [1.165, 1.54) is 23.5 Å². The number of carbonyl (C=O) groups is 1. The second-order valence-electron chi connectivity index (χ2n) is 9.85. The van der Waals surface area contributed by atoms with Crippen molar-refractivity contribution in [3.05, 3.63) is 143 Å². The van der Waals surface area contributed by atoms with Crippen LogP contribution in [0.3, 0.4) is 0 Å². The number of nitrogens with zero attached hydrogens (tertiary/aromatic N) is 4. The van der Waals surface area contributed by atoms with Crippen LogP contribution in [0.1, 0.15) is 36.7 Å². The highest BCUT2D eigenvalue weighted by Crippen LogP contribution is 2.30. The van der Waals surface area contributed by atoms with E-state index in [9.17, 15) is 19.7 Å². The molecule has 10 heteroatoms. The van der Waals surface area contributed by atoms with E-state index in [-0.39, 0.29) is 17.9 Å². The summed E-state index contributed by atoms with van der Waals surface area (Å²) in [7, 11) is 0. The number of benzene rings is 3. The number of esters is 1. The summed E-state index contributed by atoms with van der Waals surface area (Å²) in [5.41, 5.74) is 4.08. The topological polar surface area (TPSA) is 109 Å². The van der Waals surface area contributed by atoms with Crippen molar-refractivity contribution in [2.45, 2.75) is 26.4 Å². The molecular formula is C32H26N4O5S. The Morgan fingerprint density at radius 1 is 1.07 bits per heavy atom. The van der Waals surface area contributed by atoms with Crippen molar-refractivity contribution in [1.29, 1.82) is 0 Å². The molecule has 9 nitrogen and oxygen atoms in total. The van der Waals surface area contributed by atoms with Gasteiger partial charge in [0, 0.05) is 35.3 Å². The molecule has 0 fully saturated rings. The maximum absolute atomic E-state index is 14.1. The van der Waals surface area contributed by atoms with Gasteiger partial charge in [-0.3, -0.25) is 19.5 Å². The molecule has 0 saturated heterocycles. The third-order valence-corrected chi connectivity index (χ3v) is 8.22. The van der Waals surface area contributed by atoms with E-state index < -0.39 is 16.9 Å². The molecule has 0 unspecified atom stereocenters. The minimum Gasteiger partial charge on any atom is -0.463 e. The SMILES string of the molecule is CCOC(=O)C1=C(C)N=c2sc(=Cc3cc4ccccc4n3Cc3ccc([N+](=O)[O-])cc3)c(=O)n2[C@H]1c1ccccc1. The summed E-state index contributed by atoms with van der Waals surface area (Å²) in [5.74, 6) is -0.495. The number of allylic oxidation sites excluding steroid dienone is 1. The largest absolute Gasteiger partial charge is 0.463 e. The van der Waals surface area contributed by atoms with Gasteiger partial charge in [0.15, 0.2) is 4.80 Å². The highest BCUT2D eigenvalue weighted by Gasteiger charge is 2.33. The van der Waals surface area contributed by atoms with Gasteiger partial charge in [0.1, 0.15) is 0 Å². The summed E-state index contributed by atoms with van der Waals surface area (Å²) in [6.07, 6.45) is 1.85. The van der Waals surface area contributed by atoms with Crippen LogP contribution in [0.15, 0.2) is 106 Å². The molecule has 3 aromatic carbocycles. The van der Waals surface area contributed by atoms with Crippen LogP contribution in [0.2, 0.25) is 0 Å². The summed E-state index contributed by atoms with van der Waals surface area (Å²) in [4.78, 5) is 43.0. The molecule has 5 aromatic rings. The Balaban J connectivity index is 1.51. The van der Waals surface area contributed by atoms with Crippen LogP contribution in [0, 0.1) is 10.1 Å². The number of nitro benzene ring substituents is 1. The van der Waals surface area contributed by atoms with Gasteiger partial charge in [0.05, 0.1) is 33.4 Å². The molecule has 0 bridgehead atoms. The monoisotopic (exact) mass is 578 g/mol. The van der Waals surface area contributed by atoms with Gasteiger partial charge in [0.25, 0.3) is 11.2 Å². The molecule has 1 aliphatic heterocycles. The van der Waals surface area contributed by atoms with Crippen molar-refractivity contribution in [1.82, 2.24) is 9.13 Å². The van der Waals surface area contributed by atoms with Gasteiger partial charge in [-0.25, -0.2) is 9.79 Å². The molecule has 0 radical (unpaired) electrons. The molecule has 0 saturated carbocycles. The van der Waals surface area contributed by atoms with Gasteiger partial charge in [-0.1, -0.05) is 72.0 Å². The van der Waals surface area contributed by atoms with Gasteiger partial charge in [-0.05, 0) is 43.2 Å². The summed E-state index contributed by atoms with van der Waals surface area (Å²) in [6.45, 7) is 4.17. The molecular weight excluding hydrogens is 552 g/mol. The zero-order valence-corrected chi connectivity index (χ0v) is 23.7. The van der Waals surface area contributed by atoms with Crippen molar-refractivity contribution >= 4 is 40.0 Å². The van der Waals surface area contributed by atoms with E-state index in [1.807, 2.05) is 66.7 Å². The standard InChI is InChI=1S/C32H26N4O5S/c1-3-41-31(38)28-20(2)33-32-35(29(28)22-9-5-4-6-10-22)30(37)27(42-32)18-25-17-23-11-7-8-12-26(23)34(25)19-21-13-15-24(16-14-21)36(39)40/h4-18,29H,3,19H2,1-2H3/t29-/m0/s1. The first-order valence-corrected chi connectivity index (χ1v) is 14.2. The lowest BCUT2D eigenvalue weighted by molar-refractivity contribution is -0.384. The number of carbonyl (C=O) groups excluding carboxylic acids is 1. The first kappa shape index (κ1) is 27.1. The highest BCUT2D eigenvalue weighted by molar-refractivity contribution is 7.07. The number of rotatable bonds is 7. The number of non-ortho nitro benzene ring substituents is 1. The molecule has 42 heavy (non-hydrogen) atoms. The van der Waals surface area contributed by atoms with Gasteiger partial charge in [-0.15, -0.1) is 0 Å². The van der Waals surface area contributed by atoms with Crippen LogP contribution in [-0.4, -0.2) is 26.6 Å². The zero-order chi connectivity index (χ0) is 29.4. The second kappa shape index (κ2) is 11.1. The van der Waals surface area contributed by atoms with Crippen LogP contribution < -0.4 is 14.9 Å². The number of hydrogen-bond donors (Lipinski definition) is 0. The lowest BCUT2D eigenvalue weighted by Crippen LogP contribution is -2.40. The third kappa shape index (κ3) is 4.86. The first-order valence-electron chi connectivity index (χ1n) is 13.4. The van der Waals surface area contributed by atoms with E-state index in [0.29, 0.717) is 27.1 Å². The van der Waals surface area contributed by atoms with E-state index >= 15 is 0 Å². The predicted molar refractivity (Wildman–Crippen MR) is 161 cm³/mol. The fourth-order valence-corrected chi connectivity index (χ4v) is 6.34. The number of ether oxygens (including phenoxy) is 1. The highest BCUT2D eigenvalue weighted by atomic mass is 32.1. The Labute approximate surface area is 244 Å². The van der Waals surface area contributed by atoms with Gasteiger partial charge in [0.2, 0.25) is 0 Å². The van der Waals surface area contributed by atoms with Crippen molar-refractivity contribution in [2.75, 3.05) is 6.61 Å². The van der Waals surface area contributed by atoms with Gasteiger partial charge < -0.3 is 9.30 Å². The molecule has 1 atom stereocenters. The first-order chi connectivity index (χ1) is 20.4. The van der Waals surface area contributed by atoms with Crippen LogP contribution >= 0.6 is 11.3 Å². The fourth-order valence-electron chi connectivity index (χ4n) is 5.31. The number of para-hydroxylation sites is 1. The lowest BCUT2D eigenvalue weighted by Gasteiger charge is -2.24. The number of thiazole rings is 1. The minimum atomic E-state index is -0.672. The Morgan fingerprint density at radius 3 is 2.50 bits per heavy atom. The number of nitro groups is 1. The molecule has 0 amide bonds. The molecule has 2 aromatic heterocycles. The Kier molecular flexibility index (Phi) is 7.13. The zero-order valence-electron chi connectivity index (χ0n) is 22.9. The molecule has 6 rings (SSSR count). The molecule has 0 aliphatic carbocycles. The fraction of sp³-hybridized carbons (Fsp3) is 0.156. The Morgan fingerprint density at radius 2 is 1.79 bits per heavy atom. The number of aromatic nitrogens is 2. The summed E-state index contributed by atoms with van der Waals surface area (Å²) < 4.78 is 9.50. The van der Waals surface area contributed by atoms with E-state index in [0.717, 1.165) is 27.7 Å². The lowest BCUT2D eigenvalue weighted by atomic mass is 9.96. The van der Waals surface area contributed by atoms with E-state index in [4.69, 9.17) is 4.74 Å². The second-order valence-corrected chi connectivity index (χ2v) is 10.9. The molecule has 1 aliphatic rings. The van der Waals surface area contributed by atoms with E-state index in [1.54, 1.807) is 30.5 Å². The van der Waals surface area contributed by atoms with Crippen LogP contribution in [0.5, 0.6) is 0 Å². The predicted octanol–water partition coefficient (Wildman–Crippen LogP) is 4.71.